The number of halogens is 1. The molecule has 0 aliphatic carbocycles. The van der Waals surface area contributed by atoms with Gasteiger partial charge in [-0.15, -0.1) is 0 Å². The second kappa shape index (κ2) is 7.57. The molecule has 25 heavy (non-hydrogen) atoms. The number of nitrogens with one attached hydrogen (secondary N) is 2. The Morgan fingerprint density at radius 2 is 1.80 bits per heavy atom. The van der Waals surface area contributed by atoms with Crippen molar-refractivity contribution >= 4 is 17.3 Å². The number of rotatable bonds is 5. The first-order chi connectivity index (χ1) is 12.1. The predicted octanol–water partition coefficient (Wildman–Crippen LogP) is 4.65. The molecule has 0 aliphatic rings. The SMILES string of the molecule is CC(Nc1ccnc(C(=O)Nc2cccc(F)c2)c1)c1ccccc1. The molecule has 0 spiro atoms. The lowest BCUT2D eigenvalue weighted by atomic mass is 10.1. The van der Waals surface area contributed by atoms with Gasteiger partial charge in [-0.2, -0.15) is 0 Å². The highest BCUT2D eigenvalue weighted by Crippen LogP contribution is 2.19. The first-order valence-corrected chi connectivity index (χ1v) is 7.96. The molecule has 1 aromatic heterocycles. The Morgan fingerprint density at radius 3 is 2.56 bits per heavy atom. The van der Waals surface area contributed by atoms with Crippen LogP contribution in [-0.2, 0) is 0 Å². The summed E-state index contributed by atoms with van der Waals surface area (Å²) in [6.07, 6.45) is 1.57. The van der Waals surface area contributed by atoms with E-state index in [1.54, 1.807) is 24.4 Å². The van der Waals surface area contributed by atoms with Gasteiger partial charge in [-0.3, -0.25) is 9.78 Å². The molecular formula is C20H18FN3O. The van der Waals surface area contributed by atoms with Gasteiger partial charge < -0.3 is 10.6 Å². The van der Waals surface area contributed by atoms with E-state index >= 15 is 0 Å². The van der Waals surface area contributed by atoms with Crippen LogP contribution in [0.4, 0.5) is 15.8 Å². The maximum Gasteiger partial charge on any atom is 0.274 e. The summed E-state index contributed by atoms with van der Waals surface area (Å²) < 4.78 is 13.2. The molecule has 1 amide bonds. The number of carbonyl (C=O) groups excluding carboxylic acids is 1. The zero-order valence-electron chi connectivity index (χ0n) is 13.7. The lowest BCUT2D eigenvalue weighted by molar-refractivity contribution is 0.102. The van der Waals surface area contributed by atoms with Crippen molar-refractivity contribution in [2.24, 2.45) is 0 Å². The van der Waals surface area contributed by atoms with Gasteiger partial charge in [0.2, 0.25) is 0 Å². The minimum atomic E-state index is -0.405. The van der Waals surface area contributed by atoms with Crippen molar-refractivity contribution in [3.05, 3.63) is 90.0 Å². The van der Waals surface area contributed by atoms with Gasteiger partial charge >= 0.3 is 0 Å². The summed E-state index contributed by atoms with van der Waals surface area (Å²) in [6, 6.07) is 19.3. The topological polar surface area (TPSA) is 54.0 Å². The van der Waals surface area contributed by atoms with E-state index in [-0.39, 0.29) is 17.6 Å². The Balaban J connectivity index is 1.71. The smallest absolute Gasteiger partial charge is 0.274 e. The Labute approximate surface area is 145 Å². The minimum absolute atomic E-state index is 0.0859. The molecule has 0 saturated heterocycles. The normalized spacial score (nSPS) is 11.6. The summed E-state index contributed by atoms with van der Waals surface area (Å²) in [5.74, 6) is -0.792. The Hall–Kier alpha value is -3.21. The van der Waals surface area contributed by atoms with E-state index in [1.807, 2.05) is 37.3 Å². The monoisotopic (exact) mass is 335 g/mol. The van der Waals surface area contributed by atoms with Crippen molar-refractivity contribution in [1.29, 1.82) is 0 Å². The van der Waals surface area contributed by atoms with Crippen molar-refractivity contribution in [2.45, 2.75) is 13.0 Å². The van der Waals surface area contributed by atoms with Gasteiger partial charge in [-0.05, 0) is 42.8 Å². The molecule has 2 aromatic carbocycles. The van der Waals surface area contributed by atoms with Gasteiger partial charge in [-0.1, -0.05) is 36.4 Å². The summed E-state index contributed by atoms with van der Waals surface area (Å²) in [5, 5.41) is 5.99. The second-order valence-corrected chi connectivity index (χ2v) is 5.67. The van der Waals surface area contributed by atoms with Crippen LogP contribution >= 0.6 is 0 Å². The van der Waals surface area contributed by atoms with Gasteiger partial charge in [0, 0.05) is 23.6 Å². The predicted molar refractivity (Wildman–Crippen MR) is 97.1 cm³/mol. The second-order valence-electron chi connectivity index (χ2n) is 5.67. The van der Waals surface area contributed by atoms with Crippen molar-refractivity contribution in [3.8, 4) is 0 Å². The first kappa shape index (κ1) is 16.6. The van der Waals surface area contributed by atoms with Crippen LogP contribution in [0.2, 0.25) is 0 Å². The van der Waals surface area contributed by atoms with Crippen LogP contribution < -0.4 is 10.6 Å². The molecule has 0 bridgehead atoms. The average molecular weight is 335 g/mol. The lowest BCUT2D eigenvalue weighted by Gasteiger charge is -2.16. The molecule has 1 heterocycles. The highest BCUT2D eigenvalue weighted by Gasteiger charge is 2.10. The fraction of sp³-hybridized carbons (Fsp3) is 0.100. The molecule has 4 nitrogen and oxygen atoms in total. The van der Waals surface area contributed by atoms with Crippen molar-refractivity contribution in [2.75, 3.05) is 10.6 Å². The Kier molecular flexibility index (Phi) is 5.04. The van der Waals surface area contributed by atoms with E-state index in [2.05, 4.69) is 15.6 Å². The van der Waals surface area contributed by atoms with Crippen LogP contribution in [0, 0.1) is 5.82 Å². The molecule has 126 valence electrons. The maximum atomic E-state index is 13.2. The number of pyridine rings is 1. The number of carbonyl (C=O) groups is 1. The highest BCUT2D eigenvalue weighted by molar-refractivity contribution is 6.03. The molecule has 2 N–H and O–H groups in total. The quantitative estimate of drug-likeness (QED) is 0.714. The Morgan fingerprint density at radius 1 is 1.00 bits per heavy atom. The third kappa shape index (κ3) is 4.41. The molecule has 0 aliphatic heterocycles. The summed E-state index contributed by atoms with van der Waals surface area (Å²) in [7, 11) is 0. The summed E-state index contributed by atoms with van der Waals surface area (Å²) >= 11 is 0. The molecule has 0 radical (unpaired) electrons. The highest BCUT2D eigenvalue weighted by atomic mass is 19.1. The zero-order valence-corrected chi connectivity index (χ0v) is 13.7. The number of anilines is 2. The van der Waals surface area contributed by atoms with E-state index < -0.39 is 5.82 Å². The lowest BCUT2D eigenvalue weighted by Crippen LogP contribution is -2.14. The number of aromatic nitrogens is 1. The summed E-state index contributed by atoms with van der Waals surface area (Å²) in [4.78, 5) is 16.4. The third-order valence-electron chi connectivity index (χ3n) is 3.76. The van der Waals surface area contributed by atoms with Crippen LogP contribution in [0.1, 0.15) is 29.0 Å². The van der Waals surface area contributed by atoms with Gasteiger partial charge in [0.15, 0.2) is 0 Å². The van der Waals surface area contributed by atoms with Gasteiger partial charge in [0.05, 0.1) is 0 Å². The fourth-order valence-corrected chi connectivity index (χ4v) is 2.48. The van der Waals surface area contributed by atoms with Crippen LogP contribution in [-0.4, -0.2) is 10.9 Å². The van der Waals surface area contributed by atoms with Crippen LogP contribution in [0.3, 0.4) is 0 Å². The zero-order chi connectivity index (χ0) is 17.6. The van der Waals surface area contributed by atoms with Gasteiger partial charge in [0.1, 0.15) is 11.5 Å². The van der Waals surface area contributed by atoms with Crippen molar-refractivity contribution in [1.82, 2.24) is 4.98 Å². The number of benzene rings is 2. The maximum absolute atomic E-state index is 13.2. The molecule has 0 saturated carbocycles. The fourth-order valence-electron chi connectivity index (χ4n) is 2.48. The largest absolute Gasteiger partial charge is 0.378 e. The molecule has 5 heteroatoms. The van der Waals surface area contributed by atoms with Crippen LogP contribution in [0.15, 0.2) is 72.9 Å². The minimum Gasteiger partial charge on any atom is -0.378 e. The van der Waals surface area contributed by atoms with Gasteiger partial charge in [0.25, 0.3) is 5.91 Å². The van der Waals surface area contributed by atoms with E-state index in [9.17, 15) is 9.18 Å². The number of nitrogens with zero attached hydrogens (tertiary/aromatic N) is 1. The van der Waals surface area contributed by atoms with Crippen LogP contribution in [0.5, 0.6) is 0 Å². The standard InChI is InChI=1S/C20H18FN3O/c1-14(15-6-3-2-4-7-15)23-18-10-11-22-19(13-18)20(25)24-17-9-5-8-16(21)12-17/h2-14H,1H3,(H,22,23)(H,24,25). The summed E-state index contributed by atoms with van der Waals surface area (Å²) in [6.45, 7) is 2.04. The molecule has 1 unspecified atom stereocenters. The molecule has 1 atom stereocenters. The number of amides is 1. The number of hydrogen-bond donors (Lipinski definition) is 2. The molecule has 3 rings (SSSR count). The number of hydrogen-bond acceptors (Lipinski definition) is 3. The van der Waals surface area contributed by atoms with E-state index in [0.29, 0.717) is 5.69 Å². The van der Waals surface area contributed by atoms with Crippen molar-refractivity contribution in [3.63, 3.8) is 0 Å². The van der Waals surface area contributed by atoms with Crippen LogP contribution in [0.25, 0.3) is 0 Å². The van der Waals surface area contributed by atoms with E-state index in [0.717, 1.165) is 11.3 Å². The Bertz CT molecular complexity index is 868. The van der Waals surface area contributed by atoms with E-state index in [4.69, 9.17) is 0 Å². The molecule has 3 aromatic rings. The average Bonchev–Trinajstić information content (AvgIpc) is 2.62. The first-order valence-electron chi connectivity index (χ1n) is 7.96. The summed E-state index contributed by atoms with van der Waals surface area (Å²) in [5.41, 5.74) is 2.58. The molecular weight excluding hydrogens is 317 g/mol. The van der Waals surface area contributed by atoms with Crippen molar-refractivity contribution < 1.29 is 9.18 Å². The van der Waals surface area contributed by atoms with E-state index in [1.165, 1.54) is 18.2 Å². The third-order valence-corrected chi connectivity index (χ3v) is 3.76. The van der Waals surface area contributed by atoms with Gasteiger partial charge in [-0.25, -0.2) is 4.39 Å². The molecule has 0 fully saturated rings.